The standard InChI is InChI=1S/C12H19N3O/c1-10(9-13)11-3-2-4-12(14-11)15-5-7-16-8-6-15/h2-4,10H,5-9,13H2,1H3. The number of nitrogens with two attached hydrogens (primary N) is 1. The van der Waals surface area contributed by atoms with Crippen molar-refractivity contribution in [3.8, 4) is 0 Å². The van der Waals surface area contributed by atoms with E-state index in [4.69, 9.17) is 10.5 Å². The van der Waals surface area contributed by atoms with Crippen molar-refractivity contribution in [3.63, 3.8) is 0 Å². The van der Waals surface area contributed by atoms with Crippen LogP contribution in [0.25, 0.3) is 0 Å². The first-order valence-electron chi connectivity index (χ1n) is 5.81. The first-order chi connectivity index (χ1) is 7.81. The van der Waals surface area contributed by atoms with Crippen LogP contribution in [0.2, 0.25) is 0 Å². The van der Waals surface area contributed by atoms with Gasteiger partial charge in [-0.1, -0.05) is 13.0 Å². The molecule has 1 saturated heterocycles. The summed E-state index contributed by atoms with van der Waals surface area (Å²) in [6.45, 7) is 6.17. The Morgan fingerprint density at radius 3 is 2.88 bits per heavy atom. The fourth-order valence-corrected chi connectivity index (χ4v) is 1.80. The van der Waals surface area contributed by atoms with Crippen molar-refractivity contribution in [2.75, 3.05) is 37.7 Å². The molecule has 1 atom stereocenters. The second kappa shape index (κ2) is 5.27. The minimum atomic E-state index is 0.320. The Morgan fingerprint density at radius 2 is 2.19 bits per heavy atom. The summed E-state index contributed by atoms with van der Waals surface area (Å²) in [5.41, 5.74) is 6.73. The molecule has 1 aliphatic rings. The van der Waals surface area contributed by atoms with Gasteiger partial charge < -0.3 is 15.4 Å². The quantitative estimate of drug-likeness (QED) is 0.826. The monoisotopic (exact) mass is 221 g/mol. The average molecular weight is 221 g/mol. The van der Waals surface area contributed by atoms with E-state index in [9.17, 15) is 0 Å². The first kappa shape index (κ1) is 11.4. The third-order valence-corrected chi connectivity index (χ3v) is 2.95. The molecule has 0 bridgehead atoms. The maximum Gasteiger partial charge on any atom is 0.128 e. The van der Waals surface area contributed by atoms with Gasteiger partial charge in [-0.3, -0.25) is 0 Å². The van der Waals surface area contributed by atoms with Crippen molar-refractivity contribution in [1.29, 1.82) is 0 Å². The number of anilines is 1. The predicted molar refractivity (Wildman–Crippen MR) is 64.7 cm³/mol. The van der Waals surface area contributed by atoms with Crippen LogP contribution < -0.4 is 10.6 Å². The minimum Gasteiger partial charge on any atom is -0.378 e. The molecule has 0 aromatic carbocycles. The highest BCUT2D eigenvalue weighted by molar-refractivity contribution is 5.40. The number of pyridine rings is 1. The topological polar surface area (TPSA) is 51.4 Å². The largest absolute Gasteiger partial charge is 0.378 e. The molecule has 1 aromatic rings. The molecule has 88 valence electrons. The molecular formula is C12H19N3O. The SMILES string of the molecule is CC(CN)c1cccc(N2CCOCC2)n1. The second-order valence-electron chi connectivity index (χ2n) is 4.16. The third-order valence-electron chi connectivity index (χ3n) is 2.95. The molecule has 0 spiro atoms. The van der Waals surface area contributed by atoms with E-state index in [1.807, 2.05) is 6.07 Å². The van der Waals surface area contributed by atoms with Gasteiger partial charge in [-0.25, -0.2) is 4.98 Å². The van der Waals surface area contributed by atoms with E-state index in [0.29, 0.717) is 12.5 Å². The number of aromatic nitrogens is 1. The van der Waals surface area contributed by atoms with E-state index in [-0.39, 0.29) is 0 Å². The number of ether oxygens (including phenoxy) is 1. The fourth-order valence-electron chi connectivity index (χ4n) is 1.80. The van der Waals surface area contributed by atoms with Crippen LogP contribution in [0.5, 0.6) is 0 Å². The summed E-state index contributed by atoms with van der Waals surface area (Å²) in [6.07, 6.45) is 0. The Hall–Kier alpha value is -1.13. The van der Waals surface area contributed by atoms with Crippen LogP contribution in [0, 0.1) is 0 Å². The van der Waals surface area contributed by atoms with Gasteiger partial charge in [-0.2, -0.15) is 0 Å². The van der Waals surface area contributed by atoms with Crippen LogP contribution in [-0.4, -0.2) is 37.8 Å². The van der Waals surface area contributed by atoms with Crippen molar-refractivity contribution in [2.24, 2.45) is 5.73 Å². The van der Waals surface area contributed by atoms with Gasteiger partial charge in [0.2, 0.25) is 0 Å². The van der Waals surface area contributed by atoms with E-state index in [0.717, 1.165) is 37.8 Å². The van der Waals surface area contributed by atoms with Gasteiger partial charge in [0.1, 0.15) is 5.82 Å². The van der Waals surface area contributed by atoms with E-state index >= 15 is 0 Å². The summed E-state index contributed by atoms with van der Waals surface area (Å²) in [5, 5.41) is 0. The van der Waals surface area contributed by atoms with Crippen LogP contribution in [0.3, 0.4) is 0 Å². The van der Waals surface area contributed by atoms with Gasteiger partial charge in [0.05, 0.1) is 13.2 Å². The molecule has 0 amide bonds. The Kier molecular flexibility index (Phi) is 3.74. The third kappa shape index (κ3) is 2.51. The molecule has 4 nitrogen and oxygen atoms in total. The van der Waals surface area contributed by atoms with Crippen LogP contribution >= 0.6 is 0 Å². The van der Waals surface area contributed by atoms with E-state index < -0.39 is 0 Å². The second-order valence-corrected chi connectivity index (χ2v) is 4.16. The van der Waals surface area contributed by atoms with E-state index in [2.05, 4.69) is 28.9 Å². The molecule has 0 radical (unpaired) electrons. The average Bonchev–Trinajstić information content (AvgIpc) is 2.39. The van der Waals surface area contributed by atoms with Crippen molar-refractivity contribution in [1.82, 2.24) is 4.98 Å². The Bertz CT molecular complexity index is 337. The molecule has 2 heterocycles. The van der Waals surface area contributed by atoms with Gasteiger partial charge in [-0.15, -0.1) is 0 Å². The Labute approximate surface area is 96.4 Å². The zero-order chi connectivity index (χ0) is 11.4. The maximum absolute atomic E-state index is 5.66. The first-order valence-corrected chi connectivity index (χ1v) is 5.81. The van der Waals surface area contributed by atoms with Gasteiger partial charge >= 0.3 is 0 Å². The molecule has 0 saturated carbocycles. The smallest absolute Gasteiger partial charge is 0.128 e. The molecular weight excluding hydrogens is 202 g/mol. The number of hydrogen-bond acceptors (Lipinski definition) is 4. The van der Waals surface area contributed by atoms with Crippen LogP contribution in [0.15, 0.2) is 18.2 Å². The molecule has 2 N–H and O–H groups in total. The van der Waals surface area contributed by atoms with Gasteiger partial charge in [0.15, 0.2) is 0 Å². The van der Waals surface area contributed by atoms with Crippen LogP contribution in [0.4, 0.5) is 5.82 Å². The molecule has 16 heavy (non-hydrogen) atoms. The Morgan fingerprint density at radius 1 is 1.44 bits per heavy atom. The lowest BCUT2D eigenvalue weighted by Crippen LogP contribution is -2.36. The highest BCUT2D eigenvalue weighted by atomic mass is 16.5. The normalized spacial score (nSPS) is 18.5. The number of nitrogens with zero attached hydrogens (tertiary/aromatic N) is 2. The van der Waals surface area contributed by atoms with Crippen molar-refractivity contribution >= 4 is 5.82 Å². The summed E-state index contributed by atoms with van der Waals surface area (Å²) in [6, 6.07) is 6.15. The zero-order valence-corrected chi connectivity index (χ0v) is 9.72. The van der Waals surface area contributed by atoms with Gasteiger partial charge in [0, 0.05) is 31.2 Å². The molecule has 1 unspecified atom stereocenters. The highest BCUT2D eigenvalue weighted by Gasteiger charge is 2.13. The molecule has 1 fully saturated rings. The van der Waals surface area contributed by atoms with Crippen molar-refractivity contribution in [2.45, 2.75) is 12.8 Å². The lowest BCUT2D eigenvalue weighted by Gasteiger charge is -2.28. The summed E-state index contributed by atoms with van der Waals surface area (Å²) in [4.78, 5) is 6.92. The van der Waals surface area contributed by atoms with E-state index in [1.54, 1.807) is 0 Å². The van der Waals surface area contributed by atoms with Gasteiger partial charge in [-0.05, 0) is 12.1 Å². The molecule has 1 aromatic heterocycles. The lowest BCUT2D eigenvalue weighted by molar-refractivity contribution is 0.122. The summed E-state index contributed by atoms with van der Waals surface area (Å²) in [7, 11) is 0. The molecule has 1 aliphatic heterocycles. The number of hydrogen-bond donors (Lipinski definition) is 1. The van der Waals surface area contributed by atoms with Crippen molar-refractivity contribution in [3.05, 3.63) is 23.9 Å². The van der Waals surface area contributed by atoms with Crippen molar-refractivity contribution < 1.29 is 4.74 Å². The maximum atomic E-state index is 5.66. The minimum absolute atomic E-state index is 0.320. The highest BCUT2D eigenvalue weighted by Crippen LogP contribution is 2.17. The lowest BCUT2D eigenvalue weighted by atomic mass is 10.1. The molecule has 4 heteroatoms. The van der Waals surface area contributed by atoms with Gasteiger partial charge in [0.25, 0.3) is 0 Å². The zero-order valence-electron chi connectivity index (χ0n) is 9.72. The summed E-state index contributed by atoms with van der Waals surface area (Å²) < 4.78 is 5.33. The van der Waals surface area contributed by atoms with E-state index in [1.165, 1.54) is 0 Å². The Balaban J connectivity index is 2.14. The molecule has 0 aliphatic carbocycles. The van der Waals surface area contributed by atoms with Crippen LogP contribution in [-0.2, 0) is 4.74 Å². The van der Waals surface area contributed by atoms with Crippen LogP contribution in [0.1, 0.15) is 18.5 Å². The summed E-state index contributed by atoms with van der Waals surface area (Å²) in [5.74, 6) is 1.36. The number of rotatable bonds is 3. The summed E-state index contributed by atoms with van der Waals surface area (Å²) >= 11 is 0. The molecule has 2 rings (SSSR count). The predicted octanol–water partition coefficient (Wildman–Crippen LogP) is 0.980. The fraction of sp³-hybridized carbons (Fsp3) is 0.583. The number of morpholine rings is 1.